The van der Waals surface area contributed by atoms with Crippen LogP contribution in [0.2, 0.25) is 0 Å². The second-order valence-electron chi connectivity index (χ2n) is 11.4. The van der Waals surface area contributed by atoms with Gasteiger partial charge in [-0.15, -0.1) is 11.8 Å². The molecular formula is C31H38F3N3O5S2. The van der Waals surface area contributed by atoms with Gasteiger partial charge in [0.25, 0.3) is 5.91 Å². The van der Waals surface area contributed by atoms with Gasteiger partial charge in [0, 0.05) is 16.9 Å². The molecule has 2 aromatic carbocycles. The highest BCUT2D eigenvalue weighted by Crippen LogP contribution is 2.33. The Labute approximate surface area is 260 Å². The van der Waals surface area contributed by atoms with Crippen molar-refractivity contribution >= 4 is 45.0 Å². The van der Waals surface area contributed by atoms with Crippen LogP contribution in [0.25, 0.3) is 0 Å². The molecule has 44 heavy (non-hydrogen) atoms. The Morgan fingerprint density at radius 3 is 2.23 bits per heavy atom. The van der Waals surface area contributed by atoms with Crippen LogP contribution in [-0.2, 0) is 25.6 Å². The van der Waals surface area contributed by atoms with Gasteiger partial charge in [-0.25, -0.2) is 8.42 Å². The minimum atomic E-state index is -4.72. The number of sulfone groups is 1. The summed E-state index contributed by atoms with van der Waals surface area (Å²) in [5.41, 5.74) is -1.52. The number of benzene rings is 2. The molecule has 0 spiro atoms. The quantitative estimate of drug-likeness (QED) is 0.278. The van der Waals surface area contributed by atoms with E-state index in [1.54, 1.807) is 24.3 Å². The van der Waals surface area contributed by atoms with E-state index in [2.05, 4.69) is 16.0 Å². The Balaban J connectivity index is 1.40. The van der Waals surface area contributed by atoms with Crippen LogP contribution in [0, 0.1) is 11.8 Å². The zero-order valence-electron chi connectivity index (χ0n) is 24.5. The van der Waals surface area contributed by atoms with Crippen molar-refractivity contribution in [1.29, 1.82) is 0 Å². The normalized spacial score (nSPS) is 19.6. The van der Waals surface area contributed by atoms with Crippen molar-refractivity contribution in [3.63, 3.8) is 0 Å². The van der Waals surface area contributed by atoms with E-state index in [9.17, 15) is 36.0 Å². The van der Waals surface area contributed by atoms with Gasteiger partial charge in [-0.2, -0.15) is 13.2 Å². The van der Waals surface area contributed by atoms with Gasteiger partial charge in [0.15, 0.2) is 9.84 Å². The fourth-order valence-corrected chi connectivity index (χ4v) is 8.00. The second-order valence-corrected chi connectivity index (χ2v) is 14.4. The average Bonchev–Trinajstić information content (AvgIpc) is 3.00. The van der Waals surface area contributed by atoms with Crippen LogP contribution in [0.1, 0.15) is 73.7 Å². The lowest BCUT2D eigenvalue weighted by atomic mass is 9.86. The molecule has 2 aromatic rings. The van der Waals surface area contributed by atoms with Gasteiger partial charge in [-0.3, -0.25) is 14.4 Å². The summed E-state index contributed by atoms with van der Waals surface area (Å²) in [6, 6.07) is 8.73. The fraction of sp³-hybridized carbons (Fsp3) is 0.516. The first-order valence-corrected chi connectivity index (χ1v) is 17.7. The molecule has 0 aromatic heterocycles. The number of amides is 3. The largest absolute Gasteiger partial charge is 0.416 e. The molecule has 2 saturated carbocycles. The Kier molecular flexibility index (Phi) is 11.4. The molecule has 4 rings (SSSR count). The van der Waals surface area contributed by atoms with Gasteiger partial charge in [0.1, 0.15) is 0 Å². The van der Waals surface area contributed by atoms with Crippen molar-refractivity contribution in [3.8, 4) is 0 Å². The number of hydrogen-bond donors (Lipinski definition) is 3. The Morgan fingerprint density at radius 2 is 1.57 bits per heavy atom. The highest BCUT2D eigenvalue weighted by molar-refractivity contribution is 7.98. The molecule has 240 valence electrons. The van der Waals surface area contributed by atoms with Crippen LogP contribution < -0.4 is 16.0 Å². The van der Waals surface area contributed by atoms with E-state index in [0.717, 1.165) is 49.1 Å². The van der Waals surface area contributed by atoms with Crippen LogP contribution in [0.3, 0.4) is 0 Å². The molecule has 0 aliphatic heterocycles. The van der Waals surface area contributed by atoms with Crippen LogP contribution in [-0.4, -0.2) is 50.7 Å². The molecule has 0 saturated heterocycles. The van der Waals surface area contributed by atoms with Crippen molar-refractivity contribution in [2.75, 3.05) is 23.9 Å². The molecule has 2 atom stereocenters. The maximum atomic E-state index is 13.5. The minimum Gasteiger partial charge on any atom is -0.352 e. The minimum absolute atomic E-state index is 0.0606. The van der Waals surface area contributed by atoms with Gasteiger partial charge in [-0.05, 0) is 80.3 Å². The molecule has 3 N–H and O–H groups in total. The van der Waals surface area contributed by atoms with Crippen molar-refractivity contribution < 1.29 is 36.0 Å². The molecule has 2 fully saturated rings. The Morgan fingerprint density at radius 1 is 0.909 bits per heavy atom. The molecular weight excluding hydrogens is 615 g/mol. The second kappa shape index (κ2) is 14.8. The topological polar surface area (TPSA) is 121 Å². The Bertz CT molecular complexity index is 1440. The zero-order valence-corrected chi connectivity index (χ0v) is 26.2. The summed E-state index contributed by atoms with van der Waals surface area (Å²) in [6.45, 7) is -0.531. The molecule has 3 amide bonds. The number of carbonyl (C=O) groups excluding carboxylic acids is 3. The van der Waals surface area contributed by atoms with E-state index in [-0.39, 0.29) is 34.1 Å². The molecule has 2 aliphatic rings. The maximum absolute atomic E-state index is 13.5. The highest BCUT2D eigenvalue weighted by atomic mass is 32.2. The van der Waals surface area contributed by atoms with Crippen molar-refractivity contribution in [1.82, 2.24) is 10.6 Å². The fourth-order valence-electron chi connectivity index (χ4n) is 5.89. The number of rotatable bonds is 10. The predicted octanol–water partition coefficient (Wildman–Crippen LogP) is 5.82. The zero-order chi connectivity index (χ0) is 31.9. The summed E-state index contributed by atoms with van der Waals surface area (Å²) in [4.78, 5) is 39.9. The lowest BCUT2D eigenvalue weighted by molar-refractivity contribution is -0.137. The number of anilines is 1. The number of nitrogens with one attached hydrogen (secondary N) is 3. The number of carbonyl (C=O) groups is 3. The lowest BCUT2D eigenvalue weighted by Gasteiger charge is -2.32. The molecule has 0 heterocycles. The summed E-state index contributed by atoms with van der Waals surface area (Å²) in [7, 11) is -3.61. The first-order chi connectivity index (χ1) is 20.9. The molecule has 2 aliphatic carbocycles. The lowest BCUT2D eigenvalue weighted by Crippen LogP contribution is -2.47. The van der Waals surface area contributed by atoms with E-state index in [4.69, 9.17) is 0 Å². The van der Waals surface area contributed by atoms with Crippen molar-refractivity contribution in [3.05, 3.63) is 53.6 Å². The predicted molar refractivity (Wildman–Crippen MR) is 163 cm³/mol. The third-order valence-corrected chi connectivity index (χ3v) is 10.9. The molecule has 0 radical (unpaired) electrons. The third kappa shape index (κ3) is 8.99. The smallest absolute Gasteiger partial charge is 0.352 e. The molecule has 0 unspecified atom stereocenters. The number of thioether (sulfide) groups is 1. The van der Waals surface area contributed by atoms with E-state index in [1.165, 1.54) is 11.8 Å². The van der Waals surface area contributed by atoms with E-state index in [0.29, 0.717) is 31.7 Å². The molecule has 0 bridgehead atoms. The van der Waals surface area contributed by atoms with Gasteiger partial charge in [0.05, 0.1) is 34.0 Å². The van der Waals surface area contributed by atoms with Crippen molar-refractivity contribution in [2.45, 2.75) is 79.8 Å². The monoisotopic (exact) mass is 653 g/mol. The first kappa shape index (κ1) is 33.8. The average molecular weight is 654 g/mol. The summed E-state index contributed by atoms with van der Waals surface area (Å²) in [5.74, 6) is -2.64. The van der Waals surface area contributed by atoms with Crippen LogP contribution in [0.15, 0.2) is 52.3 Å². The molecule has 13 heteroatoms. The SMILES string of the molecule is CSc1ccc(S(=O)(=O)C[C@@H]2CCCC[C@@H]2NC(=O)CNC(=O)c2cc(C(F)(F)F)ccc2NC(=O)C2CCCCC2)cc1. The summed E-state index contributed by atoms with van der Waals surface area (Å²) < 4.78 is 66.6. The highest BCUT2D eigenvalue weighted by Gasteiger charge is 2.34. The Hall–Kier alpha value is -3.06. The number of hydrogen-bond acceptors (Lipinski definition) is 6. The summed E-state index contributed by atoms with van der Waals surface area (Å²) in [5, 5.41) is 7.81. The first-order valence-electron chi connectivity index (χ1n) is 14.8. The van der Waals surface area contributed by atoms with E-state index < -0.39 is 51.5 Å². The molecule has 8 nitrogen and oxygen atoms in total. The summed E-state index contributed by atoms with van der Waals surface area (Å²) >= 11 is 1.51. The van der Waals surface area contributed by atoms with Crippen LogP contribution >= 0.6 is 11.8 Å². The van der Waals surface area contributed by atoms with E-state index in [1.807, 2.05) is 6.26 Å². The standard InChI is InChI=1S/C31H38F3N3O5S2/c1-43-23-12-14-24(15-13-23)44(41,42)19-21-9-5-6-10-26(21)36-28(38)18-35-30(40)25-17-22(31(32,33)34)11-16-27(25)37-29(39)20-7-3-2-4-8-20/h11-17,20-21,26H,2-10,18-19H2,1H3,(H,35,40)(H,36,38)(H,37,39)/t21-,26-/m0/s1. The van der Waals surface area contributed by atoms with Crippen molar-refractivity contribution in [2.24, 2.45) is 11.8 Å². The van der Waals surface area contributed by atoms with Gasteiger partial charge < -0.3 is 16.0 Å². The summed E-state index contributed by atoms with van der Waals surface area (Å²) in [6.07, 6.45) is 4.09. The maximum Gasteiger partial charge on any atom is 0.416 e. The number of alkyl halides is 3. The number of halogens is 3. The van der Waals surface area contributed by atoms with Gasteiger partial charge in [0.2, 0.25) is 11.8 Å². The van der Waals surface area contributed by atoms with Crippen LogP contribution in [0.4, 0.5) is 18.9 Å². The third-order valence-electron chi connectivity index (χ3n) is 8.34. The van der Waals surface area contributed by atoms with Gasteiger partial charge >= 0.3 is 6.18 Å². The van der Waals surface area contributed by atoms with Gasteiger partial charge in [-0.1, -0.05) is 32.1 Å². The van der Waals surface area contributed by atoms with E-state index >= 15 is 0 Å². The van der Waals surface area contributed by atoms with Crippen LogP contribution in [0.5, 0.6) is 0 Å².